The summed E-state index contributed by atoms with van der Waals surface area (Å²) >= 11 is 1.31. The zero-order valence-electron chi connectivity index (χ0n) is 12.2. The molecule has 1 aromatic heterocycles. The molecule has 0 bridgehead atoms. The summed E-state index contributed by atoms with van der Waals surface area (Å²) in [5, 5.41) is 11.6. The van der Waals surface area contributed by atoms with E-state index in [9.17, 15) is 9.59 Å². The third-order valence-corrected chi connectivity index (χ3v) is 5.10. The maximum Gasteiger partial charge on any atom is 0.328 e. The molecule has 1 aromatic rings. The van der Waals surface area contributed by atoms with Crippen LogP contribution in [0.2, 0.25) is 0 Å². The van der Waals surface area contributed by atoms with Gasteiger partial charge in [-0.05, 0) is 36.5 Å². The van der Waals surface area contributed by atoms with Crippen molar-refractivity contribution in [2.75, 3.05) is 6.54 Å². The molecule has 4 nitrogen and oxygen atoms in total. The molecule has 21 heavy (non-hydrogen) atoms. The predicted octanol–water partition coefficient (Wildman–Crippen LogP) is 3.40. The zero-order chi connectivity index (χ0) is 15.2. The standard InChI is InChI=1S/C16H21NO3S/c1-11-4-2-3-5-12(11)10-17-16(20)14-8-6-13(21-14)7-9-15(18)19/h6-9,11-12H,2-5,10H2,1H3,(H,17,20)(H,18,19). The van der Waals surface area contributed by atoms with Gasteiger partial charge in [0.25, 0.3) is 5.91 Å². The van der Waals surface area contributed by atoms with Crippen molar-refractivity contribution in [3.05, 3.63) is 28.0 Å². The number of thiophene rings is 1. The summed E-state index contributed by atoms with van der Waals surface area (Å²) in [5.74, 6) is 0.207. The second-order valence-electron chi connectivity index (χ2n) is 5.61. The molecule has 1 fully saturated rings. The van der Waals surface area contributed by atoms with Gasteiger partial charge in [-0.25, -0.2) is 4.79 Å². The number of aliphatic carboxylic acids is 1. The normalized spacial score (nSPS) is 22.3. The van der Waals surface area contributed by atoms with Crippen molar-refractivity contribution >= 4 is 29.3 Å². The summed E-state index contributed by atoms with van der Waals surface area (Å²) in [6, 6.07) is 3.51. The number of carboxylic acid groups (broad SMARTS) is 1. The predicted molar refractivity (Wildman–Crippen MR) is 84.4 cm³/mol. The van der Waals surface area contributed by atoms with Gasteiger partial charge in [-0.2, -0.15) is 0 Å². The molecule has 0 aliphatic heterocycles. The number of rotatable bonds is 5. The molecule has 114 valence electrons. The monoisotopic (exact) mass is 307 g/mol. The first-order valence-electron chi connectivity index (χ1n) is 7.35. The molecule has 0 saturated heterocycles. The van der Waals surface area contributed by atoms with Crippen LogP contribution in [0.1, 0.15) is 47.2 Å². The van der Waals surface area contributed by atoms with Crippen LogP contribution in [0.5, 0.6) is 0 Å². The van der Waals surface area contributed by atoms with Gasteiger partial charge in [0.1, 0.15) is 0 Å². The minimum absolute atomic E-state index is 0.0623. The highest BCUT2D eigenvalue weighted by Crippen LogP contribution is 2.29. The summed E-state index contributed by atoms with van der Waals surface area (Å²) in [6.45, 7) is 2.99. The van der Waals surface area contributed by atoms with E-state index in [1.165, 1.54) is 43.1 Å². The smallest absolute Gasteiger partial charge is 0.328 e. The highest BCUT2D eigenvalue weighted by molar-refractivity contribution is 7.14. The average Bonchev–Trinajstić information content (AvgIpc) is 2.93. The average molecular weight is 307 g/mol. The topological polar surface area (TPSA) is 66.4 Å². The zero-order valence-corrected chi connectivity index (χ0v) is 13.0. The van der Waals surface area contributed by atoms with Crippen molar-refractivity contribution in [3.8, 4) is 0 Å². The Morgan fingerprint density at radius 1 is 1.38 bits per heavy atom. The molecule has 0 spiro atoms. The van der Waals surface area contributed by atoms with Crippen molar-refractivity contribution in [3.63, 3.8) is 0 Å². The fourth-order valence-electron chi connectivity index (χ4n) is 2.73. The van der Waals surface area contributed by atoms with Crippen LogP contribution in [-0.2, 0) is 4.79 Å². The number of hydrogen-bond acceptors (Lipinski definition) is 3. The molecule has 1 amide bonds. The Morgan fingerprint density at radius 3 is 2.86 bits per heavy atom. The van der Waals surface area contributed by atoms with E-state index in [2.05, 4.69) is 12.2 Å². The fourth-order valence-corrected chi connectivity index (χ4v) is 3.55. The van der Waals surface area contributed by atoms with Crippen molar-refractivity contribution < 1.29 is 14.7 Å². The van der Waals surface area contributed by atoms with E-state index in [1.54, 1.807) is 12.1 Å². The van der Waals surface area contributed by atoms with Gasteiger partial charge in [0.2, 0.25) is 0 Å². The lowest BCUT2D eigenvalue weighted by Gasteiger charge is -2.28. The molecule has 2 N–H and O–H groups in total. The lowest BCUT2D eigenvalue weighted by molar-refractivity contribution is -0.131. The van der Waals surface area contributed by atoms with Gasteiger partial charge in [0.15, 0.2) is 0 Å². The van der Waals surface area contributed by atoms with Crippen LogP contribution < -0.4 is 5.32 Å². The second-order valence-corrected chi connectivity index (χ2v) is 6.72. The van der Waals surface area contributed by atoms with E-state index in [-0.39, 0.29) is 5.91 Å². The quantitative estimate of drug-likeness (QED) is 0.819. The SMILES string of the molecule is CC1CCCCC1CNC(=O)c1ccc(C=CC(=O)O)s1. The molecule has 1 aliphatic rings. The Balaban J connectivity index is 1.87. The number of carbonyl (C=O) groups is 2. The lowest BCUT2D eigenvalue weighted by Crippen LogP contribution is -2.33. The van der Waals surface area contributed by atoms with Crippen molar-refractivity contribution in [2.24, 2.45) is 11.8 Å². The number of nitrogens with one attached hydrogen (secondary N) is 1. The molecule has 0 radical (unpaired) electrons. The van der Waals surface area contributed by atoms with Gasteiger partial charge < -0.3 is 10.4 Å². The van der Waals surface area contributed by atoms with E-state index >= 15 is 0 Å². The summed E-state index contributed by atoms with van der Waals surface area (Å²) < 4.78 is 0. The van der Waals surface area contributed by atoms with E-state index in [1.807, 2.05) is 0 Å². The van der Waals surface area contributed by atoms with Gasteiger partial charge in [0.05, 0.1) is 4.88 Å². The van der Waals surface area contributed by atoms with Gasteiger partial charge in [-0.1, -0.05) is 26.2 Å². The van der Waals surface area contributed by atoms with Crippen LogP contribution in [0.25, 0.3) is 6.08 Å². The van der Waals surface area contributed by atoms with E-state index < -0.39 is 5.97 Å². The van der Waals surface area contributed by atoms with Gasteiger partial charge in [-0.15, -0.1) is 11.3 Å². The Bertz CT molecular complexity index is 535. The Labute approximate surface area is 128 Å². The summed E-state index contributed by atoms with van der Waals surface area (Å²) in [6.07, 6.45) is 7.59. The molecule has 2 unspecified atom stereocenters. The highest BCUT2D eigenvalue weighted by Gasteiger charge is 2.22. The van der Waals surface area contributed by atoms with Crippen LogP contribution in [0.15, 0.2) is 18.2 Å². The number of carbonyl (C=O) groups excluding carboxylic acids is 1. The minimum atomic E-state index is -0.985. The molecule has 1 aliphatic carbocycles. The van der Waals surface area contributed by atoms with E-state index in [0.717, 1.165) is 17.5 Å². The van der Waals surface area contributed by atoms with Gasteiger partial charge >= 0.3 is 5.97 Å². The van der Waals surface area contributed by atoms with Crippen LogP contribution in [-0.4, -0.2) is 23.5 Å². The van der Waals surface area contributed by atoms with Crippen LogP contribution in [0.4, 0.5) is 0 Å². The Kier molecular flexibility index (Phi) is 5.56. The first-order valence-corrected chi connectivity index (χ1v) is 8.17. The molecule has 2 atom stereocenters. The number of amides is 1. The molecule has 0 aromatic carbocycles. The Morgan fingerprint density at radius 2 is 2.14 bits per heavy atom. The fraction of sp³-hybridized carbons (Fsp3) is 0.500. The van der Waals surface area contributed by atoms with Gasteiger partial charge in [0, 0.05) is 17.5 Å². The summed E-state index contributed by atoms with van der Waals surface area (Å²) in [7, 11) is 0. The number of carboxylic acids is 1. The second kappa shape index (κ2) is 7.41. The largest absolute Gasteiger partial charge is 0.478 e. The Hall–Kier alpha value is -1.62. The van der Waals surface area contributed by atoms with Crippen molar-refractivity contribution in [1.29, 1.82) is 0 Å². The highest BCUT2D eigenvalue weighted by atomic mass is 32.1. The number of hydrogen-bond donors (Lipinski definition) is 2. The molecule has 1 heterocycles. The maximum absolute atomic E-state index is 12.1. The van der Waals surface area contributed by atoms with Crippen LogP contribution in [0.3, 0.4) is 0 Å². The van der Waals surface area contributed by atoms with Crippen molar-refractivity contribution in [1.82, 2.24) is 5.32 Å². The molecule has 2 rings (SSSR count). The van der Waals surface area contributed by atoms with Crippen LogP contribution in [0, 0.1) is 11.8 Å². The molecular formula is C16H21NO3S. The lowest BCUT2D eigenvalue weighted by atomic mass is 9.80. The first-order chi connectivity index (χ1) is 10.1. The van der Waals surface area contributed by atoms with Crippen molar-refractivity contribution in [2.45, 2.75) is 32.6 Å². The minimum Gasteiger partial charge on any atom is -0.478 e. The molecular weight excluding hydrogens is 286 g/mol. The van der Waals surface area contributed by atoms with E-state index in [4.69, 9.17) is 5.11 Å². The third-order valence-electron chi connectivity index (χ3n) is 4.05. The molecule has 1 saturated carbocycles. The van der Waals surface area contributed by atoms with E-state index in [0.29, 0.717) is 16.7 Å². The van der Waals surface area contributed by atoms with Crippen LogP contribution >= 0.6 is 11.3 Å². The summed E-state index contributed by atoms with van der Waals surface area (Å²) in [4.78, 5) is 24.0. The summed E-state index contributed by atoms with van der Waals surface area (Å²) in [5.41, 5.74) is 0. The van der Waals surface area contributed by atoms with Gasteiger partial charge in [-0.3, -0.25) is 4.79 Å². The molecule has 5 heteroatoms. The first kappa shape index (κ1) is 15.8. The maximum atomic E-state index is 12.1. The third kappa shape index (κ3) is 4.70.